The average Bonchev–Trinajstić information content (AvgIpc) is 2.28. The molecule has 82 valence electrons. The third-order valence-corrected chi connectivity index (χ3v) is 3.80. The van der Waals surface area contributed by atoms with Gasteiger partial charge < -0.3 is 5.73 Å². The molecule has 1 nitrogen and oxygen atoms in total. The molecule has 0 bridgehead atoms. The van der Waals surface area contributed by atoms with Gasteiger partial charge in [-0.3, -0.25) is 0 Å². The van der Waals surface area contributed by atoms with E-state index in [4.69, 9.17) is 5.73 Å². The van der Waals surface area contributed by atoms with E-state index in [9.17, 15) is 0 Å². The van der Waals surface area contributed by atoms with Crippen LogP contribution in [-0.2, 0) is 0 Å². The number of halogens is 1. The molecule has 0 heterocycles. The van der Waals surface area contributed by atoms with Crippen molar-refractivity contribution in [3.05, 3.63) is 52.0 Å². The SMILES string of the molecule is Cc1c(Br)ccc(-c2ccc(N)cc2)c1C. The van der Waals surface area contributed by atoms with Crippen LogP contribution in [0.5, 0.6) is 0 Å². The first-order valence-electron chi connectivity index (χ1n) is 5.21. The van der Waals surface area contributed by atoms with E-state index in [1.54, 1.807) is 0 Å². The highest BCUT2D eigenvalue weighted by Crippen LogP contribution is 2.30. The Kier molecular flexibility index (Phi) is 3.01. The minimum absolute atomic E-state index is 0.801. The lowest BCUT2D eigenvalue weighted by atomic mass is 9.97. The van der Waals surface area contributed by atoms with Crippen LogP contribution in [-0.4, -0.2) is 0 Å². The highest BCUT2D eigenvalue weighted by Gasteiger charge is 2.06. The second-order valence-electron chi connectivity index (χ2n) is 3.97. The molecule has 0 spiro atoms. The smallest absolute Gasteiger partial charge is 0.0314 e. The predicted molar refractivity (Wildman–Crippen MR) is 73.5 cm³/mol. The zero-order chi connectivity index (χ0) is 11.7. The minimum atomic E-state index is 0.801. The van der Waals surface area contributed by atoms with E-state index in [1.165, 1.54) is 22.3 Å². The molecule has 2 heteroatoms. The summed E-state index contributed by atoms with van der Waals surface area (Å²) in [4.78, 5) is 0. The molecule has 0 aliphatic heterocycles. The van der Waals surface area contributed by atoms with Crippen molar-refractivity contribution in [3.8, 4) is 11.1 Å². The van der Waals surface area contributed by atoms with E-state index >= 15 is 0 Å². The second-order valence-corrected chi connectivity index (χ2v) is 4.82. The maximum Gasteiger partial charge on any atom is 0.0314 e. The molecule has 2 aromatic carbocycles. The Labute approximate surface area is 104 Å². The van der Waals surface area contributed by atoms with Gasteiger partial charge in [0.2, 0.25) is 0 Å². The Balaban J connectivity index is 2.57. The fourth-order valence-corrected chi connectivity index (χ4v) is 2.19. The molecule has 2 aromatic rings. The summed E-state index contributed by atoms with van der Waals surface area (Å²) in [5.41, 5.74) is 11.6. The van der Waals surface area contributed by atoms with Crippen LogP contribution >= 0.6 is 15.9 Å². The van der Waals surface area contributed by atoms with E-state index in [0.29, 0.717) is 0 Å². The normalized spacial score (nSPS) is 10.4. The fraction of sp³-hybridized carbons (Fsp3) is 0.143. The molecule has 0 saturated heterocycles. The summed E-state index contributed by atoms with van der Waals surface area (Å²) in [6.07, 6.45) is 0. The molecule has 16 heavy (non-hydrogen) atoms. The Morgan fingerprint density at radius 1 is 0.875 bits per heavy atom. The molecule has 0 amide bonds. The largest absolute Gasteiger partial charge is 0.399 e. The maximum atomic E-state index is 5.69. The van der Waals surface area contributed by atoms with Crippen LogP contribution in [0.15, 0.2) is 40.9 Å². The summed E-state index contributed by atoms with van der Waals surface area (Å²) in [5, 5.41) is 0. The Hall–Kier alpha value is -1.28. The lowest BCUT2D eigenvalue weighted by Crippen LogP contribution is -1.89. The molecule has 0 fully saturated rings. The van der Waals surface area contributed by atoms with Gasteiger partial charge >= 0.3 is 0 Å². The highest BCUT2D eigenvalue weighted by atomic mass is 79.9. The average molecular weight is 276 g/mol. The summed E-state index contributed by atoms with van der Waals surface area (Å²) in [6.45, 7) is 4.27. The first kappa shape index (κ1) is 11.2. The first-order chi connectivity index (χ1) is 7.59. The fourth-order valence-electron chi connectivity index (χ4n) is 1.76. The van der Waals surface area contributed by atoms with Crippen molar-refractivity contribution in [3.63, 3.8) is 0 Å². The van der Waals surface area contributed by atoms with Crippen LogP contribution < -0.4 is 5.73 Å². The van der Waals surface area contributed by atoms with Crippen molar-refractivity contribution in [1.82, 2.24) is 0 Å². The van der Waals surface area contributed by atoms with Gasteiger partial charge in [-0.05, 0) is 54.3 Å². The van der Waals surface area contributed by atoms with Crippen molar-refractivity contribution >= 4 is 21.6 Å². The van der Waals surface area contributed by atoms with Gasteiger partial charge in [-0.15, -0.1) is 0 Å². The Bertz CT molecular complexity index is 515. The van der Waals surface area contributed by atoms with Gasteiger partial charge in [0.1, 0.15) is 0 Å². The van der Waals surface area contributed by atoms with Crippen molar-refractivity contribution in [2.24, 2.45) is 0 Å². The van der Waals surface area contributed by atoms with Crippen molar-refractivity contribution in [1.29, 1.82) is 0 Å². The summed E-state index contributed by atoms with van der Waals surface area (Å²) in [6, 6.07) is 12.2. The van der Waals surface area contributed by atoms with Crippen molar-refractivity contribution < 1.29 is 0 Å². The molecular formula is C14H14BrN. The lowest BCUT2D eigenvalue weighted by Gasteiger charge is -2.10. The number of nitrogens with two attached hydrogens (primary N) is 1. The summed E-state index contributed by atoms with van der Waals surface area (Å²) in [5.74, 6) is 0. The molecule has 0 aromatic heterocycles. The summed E-state index contributed by atoms with van der Waals surface area (Å²) >= 11 is 3.54. The third kappa shape index (κ3) is 1.98. The number of hydrogen-bond donors (Lipinski definition) is 1. The molecule has 0 unspecified atom stereocenters. The standard InChI is InChI=1S/C14H14BrN/c1-9-10(2)14(15)8-7-13(9)11-3-5-12(16)6-4-11/h3-8H,16H2,1-2H3. The van der Waals surface area contributed by atoms with Gasteiger partial charge in [-0.2, -0.15) is 0 Å². The van der Waals surface area contributed by atoms with Crippen LogP contribution in [0.3, 0.4) is 0 Å². The predicted octanol–water partition coefficient (Wildman–Crippen LogP) is 4.32. The third-order valence-electron chi connectivity index (χ3n) is 2.94. The summed E-state index contributed by atoms with van der Waals surface area (Å²) in [7, 11) is 0. The van der Waals surface area contributed by atoms with Gasteiger partial charge in [-0.25, -0.2) is 0 Å². The van der Waals surface area contributed by atoms with Crippen LogP contribution in [0, 0.1) is 13.8 Å². The molecule has 2 N–H and O–H groups in total. The Morgan fingerprint density at radius 2 is 1.50 bits per heavy atom. The molecule has 0 aliphatic carbocycles. The molecule has 0 aliphatic rings. The maximum absolute atomic E-state index is 5.69. The van der Waals surface area contributed by atoms with Crippen LogP contribution in [0.4, 0.5) is 5.69 Å². The number of anilines is 1. The zero-order valence-corrected chi connectivity index (χ0v) is 11.0. The monoisotopic (exact) mass is 275 g/mol. The van der Waals surface area contributed by atoms with E-state index in [0.717, 1.165) is 10.2 Å². The minimum Gasteiger partial charge on any atom is -0.399 e. The lowest BCUT2D eigenvalue weighted by molar-refractivity contribution is 1.32. The summed E-state index contributed by atoms with van der Waals surface area (Å²) < 4.78 is 1.16. The first-order valence-corrected chi connectivity index (χ1v) is 6.00. The highest BCUT2D eigenvalue weighted by molar-refractivity contribution is 9.10. The van der Waals surface area contributed by atoms with E-state index < -0.39 is 0 Å². The van der Waals surface area contributed by atoms with Gasteiger partial charge in [0.05, 0.1) is 0 Å². The van der Waals surface area contributed by atoms with E-state index in [2.05, 4.69) is 54.0 Å². The van der Waals surface area contributed by atoms with Gasteiger partial charge in [0, 0.05) is 10.2 Å². The number of benzene rings is 2. The molecular weight excluding hydrogens is 262 g/mol. The zero-order valence-electron chi connectivity index (χ0n) is 9.42. The topological polar surface area (TPSA) is 26.0 Å². The van der Waals surface area contributed by atoms with Crippen molar-refractivity contribution in [2.45, 2.75) is 13.8 Å². The van der Waals surface area contributed by atoms with E-state index in [-0.39, 0.29) is 0 Å². The quantitative estimate of drug-likeness (QED) is 0.771. The van der Waals surface area contributed by atoms with Gasteiger partial charge in [0.15, 0.2) is 0 Å². The number of rotatable bonds is 1. The van der Waals surface area contributed by atoms with Gasteiger partial charge in [0.25, 0.3) is 0 Å². The number of nitrogen functional groups attached to an aromatic ring is 1. The second kappa shape index (κ2) is 4.30. The Morgan fingerprint density at radius 3 is 2.12 bits per heavy atom. The molecule has 2 rings (SSSR count). The molecule has 0 radical (unpaired) electrons. The van der Waals surface area contributed by atoms with Gasteiger partial charge in [-0.1, -0.05) is 34.1 Å². The van der Waals surface area contributed by atoms with Crippen LogP contribution in [0.2, 0.25) is 0 Å². The molecule has 0 atom stereocenters. The van der Waals surface area contributed by atoms with E-state index in [1.807, 2.05) is 12.1 Å². The van der Waals surface area contributed by atoms with Crippen molar-refractivity contribution in [2.75, 3.05) is 5.73 Å². The van der Waals surface area contributed by atoms with Crippen LogP contribution in [0.25, 0.3) is 11.1 Å². The number of hydrogen-bond acceptors (Lipinski definition) is 1. The van der Waals surface area contributed by atoms with Crippen LogP contribution in [0.1, 0.15) is 11.1 Å². The molecule has 0 saturated carbocycles.